The molecule has 0 aliphatic carbocycles. The normalized spacial score (nSPS) is 19.2. The fraction of sp³-hybridized carbons (Fsp3) is 0.727. The monoisotopic (exact) mass is 323 g/mol. The van der Waals surface area contributed by atoms with Gasteiger partial charge in [-0.2, -0.15) is 4.31 Å². The van der Waals surface area contributed by atoms with Gasteiger partial charge in [0.2, 0.25) is 0 Å². The summed E-state index contributed by atoms with van der Waals surface area (Å²) in [6.45, 7) is 8.50. The number of sulfonamides is 1. The first-order chi connectivity index (χ1) is 8.82. The maximum absolute atomic E-state index is 12.5. The van der Waals surface area contributed by atoms with Crippen LogP contribution in [0, 0.1) is 6.92 Å². The van der Waals surface area contributed by atoms with E-state index in [9.17, 15) is 8.42 Å². The van der Waals surface area contributed by atoms with Crippen LogP contribution in [0.3, 0.4) is 0 Å². The van der Waals surface area contributed by atoms with Gasteiger partial charge in [-0.05, 0) is 20.8 Å². The number of nitrogens with zero attached hydrogens (tertiary/aromatic N) is 3. The van der Waals surface area contributed by atoms with Crippen LogP contribution in [-0.2, 0) is 10.0 Å². The summed E-state index contributed by atoms with van der Waals surface area (Å²) >= 11 is 6.82. The zero-order valence-corrected chi connectivity index (χ0v) is 13.6. The van der Waals surface area contributed by atoms with Crippen LogP contribution >= 0.6 is 22.9 Å². The summed E-state index contributed by atoms with van der Waals surface area (Å²) in [5.41, 5.74) is 0.487. The number of piperazine rings is 1. The molecule has 0 unspecified atom stereocenters. The molecule has 19 heavy (non-hydrogen) atoms. The largest absolute Gasteiger partial charge is 0.298 e. The van der Waals surface area contributed by atoms with Crippen molar-refractivity contribution in [3.63, 3.8) is 0 Å². The van der Waals surface area contributed by atoms with Crippen LogP contribution in [0.5, 0.6) is 0 Å². The molecule has 108 valence electrons. The Morgan fingerprint density at radius 2 is 1.84 bits per heavy atom. The van der Waals surface area contributed by atoms with Crippen molar-refractivity contribution in [1.29, 1.82) is 0 Å². The second kappa shape index (κ2) is 5.65. The van der Waals surface area contributed by atoms with Gasteiger partial charge in [0.15, 0.2) is 8.68 Å². The molecular weight excluding hydrogens is 306 g/mol. The number of thiazole rings is 1. The van der Waals surface area contributed by atoms with Gasteiger partial charge in [-0.25, -0.2) is 13.4 Å². The summed E-state index contributed by atoms with van der Waals surface area (Å²) < 4.78 is 27.1. The van der Waals surface area contributed by atoms with Gasteiger partial charge < -0.3 is 0 Å². The van der Waals surface area contributed by atoms with Gasteiger partial charge in [0.25, 0.3) is 10.0 Å². The predicted molar refractivity (Wildman–Crippen MR) is 77.3 cm³/mol. The Bertz CT molecular complexity index is 548. The summed E-state index contributed by atoms with van der Waals surface area (Å²) in [4.78, 5) is 6.26. The van der Waals surface area contributed by atoms with Crippen LogP contribution in [0.2, 0.25) is 4.47 Å². The molecule has 0 saturated carbocycles. The molecule has 1 aromatic heterocycles. The van der Waals surface area contributed by atoms with Gasteiger partial charge in [-0.3, -0.25) is 4.90 Å². The van der Waals surface area contributed by atoms with Gasteiger partial charge in [-0.15, -0.1) is 0 Å². The van der Waals surface area contributed by atoms with E-state index in [4.69, 9.17) is 11.6 Å². The molecule has 1 aliphatic rings. The lowest BCUT2D eigenvalue weighted by Gasteiger charge is -2.35. The van der Waals surface area contributed by atoms with E-state index in [0.29, 0.717) is 24.8 Å². The molecule has 1 saturated heterocycles. The van der Waals surface area contributed by atoms with Crippen molar-refractivity contribution in [3.05, 3.63) is 10.2 Å². The molecule has 1 aliphatic heterocycles. The molecule has 2 rings (SSSR count). The van der Waals surface area contributed by atoms with Crippen molar-refractivity contribution in [3.8, 4) is 0 Å². The zero-order valence-electron chi connectivity index (χ0n) is 11.3. The lowest BCUT2D eigenvalue weighted by atomic mass is 10.3. The van der Waals surface area contributed by atoms with Crippen LogP contribution in [0.1, 0.15) is 19.5 Å². The quantitative estimate of drug-likeness (QED) is 0.851. The van der Waals surface area contributed by atoms with Crippen molar-refractivity contribution < 1.29 is 8.42 Å². The highest BCUT2D eigenvalue weighted by atomic mass is 35.5. The predicted octanol–water partition coefficient (Wildman–Crippen LogP) is 1.82. The van der Waals surface area contributed by atoms with Crippen molar-refractivity contribution in [1.82, 2.24) is 14.2 Å². The summed E-state index contributed by atoms with van der Waals surface area (Å²) in [6.07, 6.45) is 0. The Kier molecular flexibility index (Phi) is 4.52. The van der Waals surface area contributed by atoms with E-state index in [-0.39, 0.29) is 8.68 Å². The molecule has 0 N–H and O–H groups in total. The molecule has 0 spiro atoms. The van der Waals surface area contributed by atoms with Crippen LogP contribution in [0.15, 0.2) is 4.21 Å². The molecule has 0 bridgehead atoms. The van der Waals surface area contributed by atoms with Gasteiger partial charge in [0.1, 0.15) is 0 Å². The Morgan fingerprint density at radius 1 is 1.26 bits per heavy atom. The van der Waals surface area contributed by atoms with E-state index >= 15 is 0 Å². The van der Waals surface area contributed by atoms with Crippen molar-refractivity contribution in [2.75, 3.05) is 26.2 Å². The standard InChI is InChI=1S/C11H18ClN3O2S2/c1-8(2)14-4-6-15(7-5-14)19(16,17)10-9(3)13-11(12)18-10/h8H,4-7H2,1-3H3. The first kappa shape index (κ1) is 15.2. The zero-order chi connectivity index (χ0) is 14.2. The number of hydrogen-bond acceptors (Lipinski definition) is 5. The maximum atomic E-state index is 12.5. The number of aromatic nitrogens is 1. The molecular formula is C11H18ClN3O2S2. The number of rotatable bonds is 3. The minimum absolute atomic E-state index is 0.274. The minimum Gasteiger partial charge on any atom is -0.298 e. The second-order valence-corrected chi connectivity index (χ2v) is 8.59. The van der Waals surface area contributed by atoms with Crippen molar-refractivity contribution in [2.24, 2.45) is 0 Å². The van der Waals surface area contributed by atoms with Crippen LogP contribution in [0.4, 0.5) is 0 Å². The average Bonchev–Trinajstić information content (AvgIpc) is 2.69. The molecule has 8 heteroatoms. The Hall–Kier alpha value is -0.210. The molecule has 0 amide bonds. The minimum atomic E-state index is -3.44. The van der Waals surface area contributed by atoms with Crippen LogP contribution in [-0.4, -0.2) is 54.8 Å². The topological polar surface area (TPSA) is 53.5 Å². The van der Waals surface area contributed by atoms with E-state index in [0.717, 1.165) is 24.4 Å². The highest BCUT2D eigenvalue weighted by Crippen LogP contribution is 2.29. The molecule has 1 fully saturated rings. The Balaban J connectivity index is 2.16. The Labute approximate surface area is 123 Å². The number of hydrogen-bond donors (Lipinski definition) is 0. The van der Waals surface area contributed by atoms with E-state index < -0.39 is 10.0 Å². The average molecular weight is 324 g/mol. The van der Waals surface area contributed by atoms with Crippen LogP contribution in [0.25, 0.3) is 0 Å². The lowest BCUT2D eigenvalue weighted by molar-refractivity contribution is 0.154. The maximum Gasteiger partial charge on any atom is 0.254 e. The molecule has 0 radical (unpaired) electrons. The lowest BCUT2D eigenvalue weighted by Crippen LogP contribution is -2.50. The van der Waals surface area contributed by atoms with Gasteiger partial charge >= 0.3 is 0 Å². The molecule has 1 aromatic rings. The third-order valence-corrected chi connectivity index (χ3v) is 7.05. The smallest absolute Gasteiger partial charge is 0.254 e. The SMILES string of the molecule is Cc1nc(Cl)sc1S(=O)(=O)N1CCN(C(C)C)CC1. The van der Waals surface area contributed by atoms with Gasteiger partial charge in [-0.1, -0.05) is 22.9 Å². The summed E-state index contributed by atoms with van der Waals surface area (Å²) in [5, 5.41) is 0. The highest BCUT2D eigenvalue weighted by Gasteiger charge is 2.32. The van der Waals surface area contributed by atoms with Crippen LogP contribution < -0.4 is 0 Å². The molecule has 5 nitrogen and oxygen atoms in total. The van der Waals surface area contributed by atoms with Gasteiger partial charge in [0, 0.05) is 32.2 Å². The number of halogens is 1. The van der Waals surface area contributed by atoms with E-state index in [2.05, 4.69) is 23.7 Å². The van der Waals surface area contributed by atoms with E-state index in [1.165, 1.54) is 4.31 Å². The third-order valence-electron chi connectivity index (χ3n) is 3.31. The summed E-state index contributed by atoms with van der Waals surface area (Å²) in [5.74, 6) is 0. The molecule has 0 aromatic carbocycles. The first-order valence-corrected chi connectivity index (χ1v) is 8.83. The first-order valence-electron chi connectivity index (χ1n) is 6.19. The molecule has 2 heterocycles. The number of aryl methyl sites for hydroxylation is 1. The van der Waals surface area contributed by atoms with E-state index in [1.807, 2.05) is 0 Å². The third kappa shape index (κ3) is 3.11. The second-order valence-electron chi connectivity index (χ2n) is 4.87. The Morgan fingerprint density at radius 3 is 2.26 bits per heavy atom. The van der Waals surface area contributed by atoms with Gasteiger partial charge in [0.05, 0.1) is 5.69 Å². The van der Waals surface area contributed by atoms with Crippen molar-refractivity contribution in [2.45, 2.75) is 31.0 Å². The summed E-state index contributed by atoms with van der Waals surface area (Å²) in [7, 11) is -3.44. The van der Waals surface area contributed by atoms with E-state index in [1.54, 1.807) is 6.92 Å². The fourth-order valence-corrected chi connectivity index (χ4v) is 5.46. The highest BCUT2D eigenvalue weighted by molar-refractivity contribution is 7.91. The summed E-state index contributed by atoms with van der Waals surface area (Å²) in [6, 6.07) is 0.449. The fourth-order valence-electron chi connectivity index (χ4n) is 2.17. The van der Waals surface area contributed by atoms with Crippen molar-refractivity contribution >= 4 is 33.0 Å². The molecule has 0 atom stereocenters.